The van der Waals surface area contributed by atoms with Crippen LogP contribution >= 0.6 is 0 Å². The number of rotatable bonds is 13. The SMILES string of the molecule is [2H]c1c([2H])c([2H])c2c(N(C)C/C=[CH]/[Sn]([CH2]CCC)([CH2]CCC)[CH2]CCC)c([2H])c([2H])c([2H])c2c1[2H]. The molecule has 0 radical (unpaired) electrons. The van der Waals surface area contributed by atoms with E-state index >= 15 is 0 Å². The minimum absolute atomic E-state index is 0.0187. The summed E-state index contributed by atoms with van der Waals surface area (Å²) in [6, 6.07) is -2.16. The molecule has 0 spiro atoms. The fourth-order valence-electron chi connectivity index (χ4n) is 3.85. The van der Waals surface area contributed by atoms with Crippen molar-refractivity contribution >= 4 is 34.8 Å². The monoisotopic (exact) mass is 494 g/mol. The summed E-state index contributed by atoms with van der Waals surface area (Å²) in [5.41, 5.74) is 0.300. The molecule has 0 aliphatic heterocycles. The zero-order valence-electron chi connectivity index (χ0n) is 25.2. The molecular weight excluding hydrogens is 445 g/mol. The van der Waals surface area contributed by atoms with Crippen LogP contribution in [-0.2, 0) is 0 Å². The Kier molecular flexibility index (Phi) is 6.70. The summed E-state index contributed by atoms with van der Waals surface area (Å²) in [4.78, 5) is 1.81. The third kappa shape index (κ3) is 6.83. The Bertz CT molecular complexity index is 1020. The van der Waals surface area contributed by atoms with Gasteiger partial charge in [0.25, 0.3) is 0 Å². The summed E-state index contributed by atoms with van der Waals surface area (Å²) in [5, 5.41) is 0.181. The Morgan fingerprint density at radius 1 is 0.857 bits per heavy atom. The molecule has 0 heterocycles. The summed E-state index contributed by atoms with van der Waals surface area (Å²) in [6.07, 6.45) is 9.66. The molecule has 1 nitrogen and oxygen atoms in total. The molecule has 0 saturated heterocycles. The van der Waals surface area contributed by atoms with Crippen molar-refractivity contribution in [1.29, 1.82) is 0 Å². The molecular formula is C26H41NSn. The van der Waals surface area contributed by atoms with Gasteiger partial charge < -0.3 is 0 Å². The van der Waals surface area contributed by atoms with Crippen LogP contribution in [0.1, 0.15) is 68.9 Å². The van der Waals surface area contributed by atoms with E-state index in [0.717, 1.165) is 0 Å². The van der Waals surface area contributed by atoms with E-state index in [1.165, 1.54) is 51.8 Å². The number of anilines is 1. The molecule has 2 rings (SSSR count). The first-order valence-electron chi connectivity index (χ1n) is 14.4. The fourth-order valence-corrected chi connectivity index (χ4v) is 18.2. The van der Waals surface area contributed by atoms with Crippen LogP contribution in [0.25, 0.3) is 10.8 Å². The second-order valence-electron chi connectivity index (χ2n) is 7.93. The maximum atomic E-state index is 8.56. The van der Waals surface area contributed by atoms with E-state index in [1.54, 1.807) is 0 Å². The Morgan fingerprint density at radius 2 is 1.43 bits per heavy atom. The van der Waals surface area contributed by atoms with Crippen LogP contribution in [0.4, 0.5) is 5.69 Å². The second kappa shape index (κ2) is 12.6. The Morgan fingerprint density at radius 3 is 2.04 bits per heavy atom. The van der Waals surface area contributed by atoms with Crippen LogP contribution in [-0.4, -0.2) is 32.0 Å². The molecule has 28 heavy (non-hydrogen) atoms. The van der Waals surface area contributed by atoms with Gasteiger partial charge in [0.1, 0.15) is 0 Å². The van der Waals surface area contributed by atoms with E-state index in [9.17, 15) is 0 Å². The first kappa shape index (κ1) is 14.9. The van der Waals surface area contributed by atoms with Gasteiger partial charge in [0.2, 0.25) is 0 Å². The third-order valence-corrected chi connectivity index (χ3v) is 19.9. The van der Waals surface area contributed by atoms with Gasteiger partial charge >= 0.3 is 188 Å². The summed E-state index contributed by atoms with van der Waals surface area (Å²) in [7, 11) is 1.81. The maximum absolute atomic E-state index is 8.56. The number of benzene rings is 2. The van der Waals surface area contributed by atoms with Crippen molar-refractivity contribution in [3.63, 3.8) is 0 Å². The van der Waals surface area contributed by atoms with Crippen LogP contribution in [0, 0.1) is 0 Å². The van der Waals surface area contributed by atoms with Crippen molar-refractivity contribution in [3.8, 4) is 0 Å². The molecule has 2 aromatic carbocycles. The van der Waals surface area contributed by atoms with Gasteiger partial charge in [-0.1, -0.05) is 0 Å². The molecule has 0 aliphatic carbocycles. The van der Waals surface area contributed by atoms with Crippen LogP contribution in [0.15, 0.2) is 52.5 Å². The molecule has 2 heteroatoms. The molecule has 0 bridgehead atoms. The normalized spacial score (nSPS) is 15.6. The van der Waals surface area contributed by atoms with Crippen LogP contribution in [0.3, 0.4) is 0 Å². The predicted octanol–water partition coefficient (Wildman–Crippen LogP) is 8.22. The van der Waals surface area contributed by atoms with Gasteiger partial charge in [0.05, 0.1) is 0 Å². The van der Waals surface area contributed by atoms with Gasteiger partial charge in [-0.05, 0) is 0 Å². The van der Waals surface area contributed by atoms with Gasteiger partial charge in [-0.15, -0.1) is 0 Å². The Labute approximate surface area is 187 Å². The molecule has 2 aromatic rings. The quantitative estimate of drug-likeness (QED) is 0.254. The average Bonchev–Trinajstić information content (AvgIpc) is 2.85. The van der Waals surface area contributed by atoms with Crippen molar-refractivity contribution in [2.45, 2.75) is 72.6 Å². The zero-order valence-corrected chi connectivity index (χ0v) is 21.0. The summed E-state index contributed by atoms with van der Waals surface area (Å²) < 4.78 is 64.7. The molecule has 0 N–H and O–H groups in total. The summed E-state index contributed by atoms with van der Waals surface area (Å²) in [5.74, 6) is 0. The number of fused-ring (bicyclic) bond motifs is 1. The van der Waals surface area contributed by atoms with Crippen LogP contribution in [0.2, 0.25) is 13.3 Å². The van der Waals surface area contributed by atoms with E-state index in [0.29, 0.717) is 12.2 Å². The van der Waals surface area contributed by atoms with Crippen molar-refractivity contribution in [2.24, 2.45) is 0 Å². The van der Waals surface area contributed by atoms with E-state index in [2.05, 4.69) is 30.9 Å². The third-order valence-electron chi connectivity index (χ3n) is 5.61. The molecule has 154 valence electrons. The molecule has 0 atom stereocenters. The van der Waals surface area contributed by atoms with Crippen LogP contribution in [0.5, 0.6) is 0 Å². The van der Waals surface area contributed by atoms with E-state index in [4.69, 9.17) is 9.60 Å². The second-order valence-corrected chi connectivity index (χ2v) is 20.9. The van der Waals surface area contributed by atoms with Crippen molar-refractivity contribution in [1.82, 2.24) is 0 Å². The number of hydrogen-bond acceptors (Lipinski definition) is 1. The number of hydrogen-bond donors (Lipinski definition) is 0. The van der Waals surface area contributed by atoms with E-state index < -0.39 is 24.4 Å². The molecule has 0 amide bonds. The van der Waals surface area contributed by atoms with Gasteiger partial charge in [0.15, 0.2) is 0 Å². The average molecular weight is 493 g/mol. The van der Waals surface area contributed by atoms with Crippen molar-refractivity contribution in [2.75, 3.05) is 18.5 Å². The van der Waals surface area contributed by atoms with Crippen LogP contribution < -0.4 is 4.90 Å². The number of nitrogens with zero attached hydrogens (tertiary/aromatic N) is 1. The van der Waals surface area contributed by atoms with Gasteiger partial charge in [0, 0.05) is 0 Å². The molecule has 0 aliphatic rings. The topological polar surface area (TPSA) is 3.24 Å². The van der Waals surface area contributed by atoms with E-state index in [-0.39, 0.29) is 47.0 Å². The summed E-state index contributed by atoms with van der Waals surface area (Å²) >= 11 is -2.48. The Hall–Kier alpha value is -0.961. The van der Waals surface area contributed by atoms with Crippen molar-refractivity contribution < 1.29 is 9.60 Å². The van der Waals surface area contributed by atoms with Gasteiger partial charge in [-0.3, -0.25) is 0 Å². The number of likely N-dealkylation sites (N-methyl/N-ethyl adjacent to an activating group) is 1. The fraction of sp³-hybridized carbons (Fsp3) is 0.538. The minimum atomic E-state index is -2.48. The first-order valence-corrected chi connectivity index (χ1v) is 18.7. The predicted molar refractivity (Wildman–Crippen MR) is 131 cm³/mol. The van der Waals surface area contributed by atoms with Gasteiger partial charge in [-0.25, -0.2) is 0 Å². The zero-order chi connectivity index (χ0) is 26.3. The van der Waals surface area contributed by atoms with E-state index in [1.807, 2.05) is 11.9 Å². The van der Waals surface area contributed by atoms with Gasteiger partial charge in [-0.2, -0.15) is 0 Å². The molecule has 0 aromatic heterocycles. The summed E-state index contributed by atoms with van der Waals surface area (Å²) in [6.45, 7) is 7.27. The number of unbranched alkanes of at least 4 members (excludes halogenated alkanes) is 3. The molecule has 0 fully saturated rings. The Balaban J connectivity index is 2.54. The first-order chi connectivity index (χ1) is 16.6. The molecule has 0 unspecified atom stereocenters. The standard InChI is InChI=1S/C14H14N.3C4H9.Sn/c1-3-11-15(2)14-10-6-8-12-7-4-5-9-13(12)14;3*1-3-4-2;/h1,3-10H,11H2,2H3;3*1,3-4H2,2H3;/i4D,5D,6D,7D,8D,9D,10D;;;;. The molecule has 0 saturated carbocycles. The van der Waals surface area contributed by atoms with Crippen molar-refractivity contribution in [3.05, 3.63) is 52.5 Å².